The van der Waals surface area contributed by atoms with E-state index in [1.807, 2.05) is 0 Å². The number of nitrogens with zero attached hydrogens (tertiary/aromatic N) is 8. The van der Waals surface area contributed by atoms with E-state index in [-0.39, 0.29) is 33.6 Å². The zero-order valence-electron chi connectivity index (χ0n) is 11.1. The molecular weight excluding hydrogens is 378 g/mol. The molecule has 1 radical (unpaired) electrons. The summed E-state index contributed by atoms with van der Waals surface area (Å²) in [5.41, 5.74) is 0. The third-order valence-corrected chi connectivity index (χ3v) is 1.49. The van der Waals surface area contributed by atoms with Crippen LogP contribution in [0.25, 0.3) is 0 Å². The van der Waals surface area contributed by atoms with Crippen LogP contribution >= 0.6 is 0 Å². The Morgan fingerprint density at radius 1 is 0.455 bits per heavy atom. The van der Waals surface area contributed by atoms with E-state index in [9.17, 15) is 0 Å². The molecule has 0 aliphatic heterocycles. The van der Waals surface area contributed by atoms with Crippen molar-refractivity contribution in [2.45, 2.75) is 0 Å². The minimum atomic E-state index is 0. The van der Waals surface area contributed by atoms with Crippen LogP contribution < -0.4 is 19.9 Å². The molecule has 0 unspecified atom stereocenters. The van der Waals surface area contributed by atoms with Gasteiger partial charge < -0.3 is 39.9 Å². The van der Waals surface area contributed by atoms with Crippen LogP contribution in [0.5, 0.6) is 0 Å². The smallest absolute Gasteiger partial charge is 0.450 e. The van der Waals surface area contributed by atoms with E-state index in [1.165, 1.54) is 25.3 Å². The van der Waals surface area contributed by atoms with Crippen molar-refractivity contribution in [3.05, 3.63) is 74.9 Å². The van der Waals surface area contributed by atoms with Gasteiger partial charge in [0.2, 0.25) is 0 Å². The van der Waals surface area contributed by atoms with Gasteiger partial charge in [0.25, 0.3) is 0 Å². The summed E-state index contributed by atoms with van der Waals surface area (Å²) in [6.07, 6.45) is 19.1. The largest absolute Gasteiger partial charge is 2.00 e. The quantitative estimate of drug-likeness (QED) is 0.391. The molecule has 0 aliphatic carbocycles. The standard InChI is InChI=1S/4C3H3N2.Cu.Ni/c4*1-2-5-3-4-1;;/h4*1-3H;;/q4*-1;2*+2. The summed E-state index contributed by atoms with van der Waals surface area (Å²) in [6.45, 7) is 0. The van der Waals surface area contributed by atoms with Crippen LogP contribution in [0.2, 0.25) is 0 Å². The molecule has 0 saturated carbocycles. The van der Waals surface area contributed by atoms with E-state index in [0.717, 1.165) is 0 Å². The van der Waals surface area contributed by atoms with Crippen molar-refractivity contribution in [2.24, 2.45) is 0 Å². The van der Waals surface area contributed by atoms with Crippen LogP contribution in [0, 0.1) is 0 Å². The Balaban J connectivity index is 0. The number of rotatable bonds is 0. The average Bonchev–Trinajstić information content (AvgIpc) is 3.40. The van der Waals surface area contributed by atoms with Gasteiger partial charge in [-0.2, -0.15) is 0 Å². The van der Waals surface area contributed by atoms with Crippen molar-refractivity contribution in [2.75, 3.05) is 0 Å². The van der Waals surface area contributed by atoms with E-state index < -0.39 is 0 Å². The summed E-state index contributed by atoms with van der Waals surface area (Å²) in [6, 6.07) is 0. The molecule has 0 N–H and O–H groups in total. The van der Waals surface area contributed by atoms with Crippen LogP contribution in [0.15, 0.2) is 74.9 Å². The van der Waals surface area contributed by atoms with Gasteiger partial charge in [0.05, 0.1) is 0 Å². The van der Waals surface area contributed by atoms with E-state index in [4.69, 9.17) is 0 Å². The van der Waals surface area contributed by atoms with Gasteiger partial charge in [-0.15, -0.1) is 0 Å². The molecule has 0 aliphatic rings. The summed E-state index contributed by atoms with van der Waals surface area (Å²) in [4.78, 5) is 28.9. The van der Waals surface area contributed by atoms with Crippen LogP contribution in [0.3, 0.4) is 0 Å². The van der Waals surface area contributed by atoms with Gasteiger partial charge in [0.15, 0.2) is 0 Å². The molecule has 4 heterocycles. The molecule has 4 aromatic rings. The van der Waals surface area contributed by atoms with Gasteiger partial charge in [0, 0.05) is 0 Å². The molecule has 0 atom stereocenters. The number of imidazole rings is 4. The van der Waals surface area contributed by atoms with Crippen molar-refractivity contribution in [3.63, 3.8) is 0 Å². The Labute approximate surface area is 148 Å². The van der Waals surface area contributed by atoms with E-state index in [1.54, 1.807) is 49.6 Å². The fourth-order valence-electron chi connectivity index (χ4n) is 0.770. The summed E-state index contributed by atoms with van der Waals surface area (Å²) < 4.78 is 0. The molecular formula is C12H12CuN8Ni. The van der Waals surface area contributed by atoms with Crippen molar-refractivity contribution in [1.82, 2.24) is 39.9 Å². The predicted octanol–water partition coefficient (Wildman–Crippen LogP) is 0.150. The molecule has 0 fully saturated rings. The maximum atomic E-state index is 3.61. The topological polar surface area (TPSA) is 108 Å². The Bertz CT molecular complexity index is 362. The molecule has 10 heteroatoms. The Morgan fingerprint density at radius 3 is 0.727 bits per heavy atom. The maximum absolute atomic E-state index is 3.61. The molecule has 8 nitrogen and oxygen atoms in total. The molecule has 22 heavy (non-hydrogen) atoms. The summed E-state index contributed by atoms with van der Waals surface area (Å²) in [5.74, 6) is 0. The van der Waals surface area contributed by atoms with Crippen LogP contribution in [-0.2, 0) is 33.6 Å². The number of aromatic nitrogens is 8. The second kappa shape index (κ2) is 18.9. The Kier molecular flexibility index (Phi) is 19.0. The monoisotopic (exact) mass is 389 g/mol. The Morgan fingerprint density at radius 2 is 0.682 bits per heavy atom. The molecule has 121 valence electrons. The molecule has 0 aromatic carbocycles. The average molecular weight is 391 g/mol. The molecule has 4 aromatic heterocycles. The van der Waals surface area contributed by atoms with Gasteiger partial charge >= 0.3 is 33.6 Å². The van der Waals surface area contributed by atoms with Crippen molar-refractivity contribution in [3.8, 4) is 0 Å². The van der Waals surface area contributed by atoms with Crippen molar-refractivity contribution in [1.29, 1.82) is 0 Å². The van der Waals surface area contributed by atoms with Gasteiger partial charge in [0.1, 0.15) is 0 Å². The van der Waals surface area contributed by atoms with Crippen molar-refractivity contribution < 1.29 is 33.6 Å². The summed E-state index contributed by atoms with van der Waals surface area (Å²) >= 11 is 0. The second-order valence-corrected chi connectivity index (χ2v) is 2.85. The van der Waals surface area contributed by atoms with Crippen LogP contribution in [0.1, 0.15) is 0 Å². The molecule has 0 bridgehead atoms. The van der Waals surface area contributed by atoms with Crippen LogP contribution in [0.4, 0.5) is 0 Å². The third-order valence-electron chi connectivity index (χ3n) is 1.49. The first-order valence-corrected chi connectivity index (χ1v) is 5.46. The fraction of sp³-hybridized carbons (Fsp3) is 0. The number of hydrogen-bond donors (Lipinski definition) is 0. The molecule has 0 saturated heterocycles. The van der Waals surface area contributed by atoms with Crippen LogP contribution in [-0.4, -0.2) is 19.9 Å². The van der Waals surface area contributed by atoms with E-state index in [2.05, 4.69) is 39.9 Å². The second-order valence-electron chi connectivity index (χ2n) is 2.85. The molecule has 0 spiro atoms. The maximum Gasteiger partial charge on any atom is 2.00 e. The zero-order valence-corrected chi connectivity index (χ0v) is 13.1. The Hall–Kier alpha value is -2.15. The van der Waals surface area contributed by atoms with Crippen molar-refractivity contribution >= 4 is 0 Å². The first-order valence-electron chi connectivity index (χ1n) is 5.46. The van der Waals surface area contributed by atoms with Gasteiger partial charge in [-0.1, -0.05) is 74.9 Å². The van der Waals surface area contributed by atoms with Gasteiger partial charge in [-0.25, -0.2) is 0 Å². The van der Waals surface area contributed by atoms with E-state index >= 15 is 0 Å². The fourth-order valence-corrected chi connectivity index (χ4v) is 0.770. The first kappa shape index (κ1) is 22.1. The minimum Gasteiger partial charge on any atom is -0.450 e. The molecule has 4 rings (SSSR count). The third kappa shape index (κ3) is 15.9. The van der Waals surface area contributed by atoms with Gasteiger partial charge in [-0.3, -0.25) is 0 Å². The summed E-state index contributed by atoms with van der Waals surface area (Å²) in [7, 11) is 0. The first-order chi connectivity index (χ1) is 10.0. The molecule has 0 amide bonds. The minimum absolute atomic E-state index is 0. The zero-order chi connectivity index (χ0) is 14.1. The van der Waals surface area contributed by atoms with E-state index in [0.29, 0.717) is 0 Å². The SMILES string of the molecule is [Cu+2].[Ni+2].c1c[n-]cn1.c1c[n-]cn1.c1c[n-]cn1.c1c[n-]cn1. The normalized spacial score (nSPS) is 7.27. The summed E-state index contributed by atoms with van der Waals surface area (Å²) in [5, 5.41) is 0. The van der Waals surface area contributed by atoms with Gasteiger partial charge in [-0.05, 0) is 0 Å². The number of hydrogen-bond acceptors (Lipinski definition) is 4. The predicted molar refractivity (Wildman–Crippen MR) is 70.2 cm³/mol.